The summed E-state index contributed by atoms with van der Waals surface area (Å²) >= 11 is 12.1. The van der Waals surface area contributed by atoms with E-state index in [1.807, 2.05) is 48.4 Å². The molecule has 0 radical (unpaired) electrons. The molecule has 1 aromatic heterocycles. The van der Waals surface area contributed by atoms with Gasteiger partial charge in [0.05, 0.1) is 22.7 Å². The number of carbonyl (C=O) groups is 1. The first kappa shape index (κ1) is 19.7. The second kappa shape index (κ2) is 8.39. The van der Waals surface area contributed by atoms with Crippen LogP contribution in [0, 0.1) is 0 Å². The normalized spacial score (nSPS) is 15.7. The number of urea groups is 1. The number of rotatable bonds is 4. The van der Waals surface area contributed by atoms with E-state index in [4.69, 9.17) is 27.9 Å². The van der Waals surface area contributed by atoms with Gasteiger partial charge < -0.3 is 19.5 Å². The number of aromatic nitrogens is 1. The van der Waals surface area contributed by atoms with E-state index in [0.29, 0.717) is 28.9 Å². The van der Waals surface area contributed by atoms with Crippen molar-refractivity contribution in [3.8, 4) is 5.75 Å². The van der Waals surface area contributed by atoms with Crippen molar-refractivity contribution in [1.82, 2.24) is 9.47 Å². The number of nitrogens with zero attached hydrogens (tertiary/aromatic N) is 2. The molecule has 5 nitrogen and oxygen atoms in total. The summed E-state index contributed by atoms with van der Waals surface area (Å²) in [6.45, 7) is 3.90. The van der Waals surface area contributed by atoms with Crippen molar-refractivity contribution >= 4 is 34.9 Å². The summed E-state index contributed by atoms with van der Waals surface area (Å²) in [4.78, 5) is 15.0. The Morgan fingerprint density at radius 2 is 1.90 bits per heavy atom. The van der Waals surface area contributed by atoms with Crippen LogP contribution in [0.1, 0.15) is 24.2 Å². The Kier molecular flexibility index (Phi) is 5.69. The average molecular weight is 430 g/mol. The lowest BCUT2D eigenvalue weighted by Crippen LogP contribution is -2.44. The molecule has 2 amide bonds. The fourth-order valence-corrected chi connectivity index (χ4v) is 3.93. The van der Waals surface area contributed by atoms with Gasteiger partial charge in [-0.05, 0) is 55.0 Å². The van der Waals surface area contributed by atoms with Crippen LogP contribution in [-0.2, 0) is 6.54 Å². The minimum absolute atomic E-state index is 0.185. The number of anilines is 1. The minimum Gasteiger partial charge on any atom is -0.494 e. The van der Waals surface area contributed by atoms with Crippen molar-refractivity contribution in [2.45, 2.75) is 19.5 Å². The smallest absolute Gasteiger partial charge is 0.322 e. The minimum atomic E-state index is -0.197. The maximum atomic E-state index is 13.2. The topological polar surface area (TPSA) is 46.5 Å². The molecule has 2 aromatic carbocycles. The van der Waals surface area contributed by atoms with E-state index in [2.05, 4.69) is 16.0 Å². The Balaban J connectivity index is 1.63. The molecule has 1 N–H and O–H groups in total. The second-order valence-electron chi connectivity index (χ2n) is 6.78. The van der Waals surface area contributed by atoms with Crippen LogP contribution < -0.4 is 10.1 Å². The number of amides is 2. The zero-order valence-electron chi connectivity index (χ0n) is 15.9. The molecule has 0 saturated heterocycles. The van der Waals surface area contributed by atoms with Crippen LogP contribution in [-0.4, -0.2) is 28.6 Å². The van der Waals surface area contributed by atoms with Gasteiger partial charge in [0, 0.05) is 30.7 Å². The summed E-state index contributed by atoms with van der Waals surface area (Å²) in [5.41, 5.74) is 2.71. The van der Waals surface area contributed by atoms with Crippen molar-refractivity contribution in [2.24, 2.45) is 0 Å². The maximum Gasteiger partial charge on any atom is 0.322 e. The predicted molar refractivity (Wildman–Crippen MR) is 116 cm³/mol. The number of benzene rings is 2. The number of fused-ring (bicyclic) bond motifs is 1. The molecule has 0 aliphatic carbocycles. The number of hydrogen-bond donors (Lipinski definition) is 1. The van der Waals surface area contributed by atoms with Crippen LogP contribution in [0.2, 0.25) is 10.0 Å². The van der Waals surface area contributed by atoms with Gasteiger partial charge in [0.25, 0.3) is 0 Å². The van der Waals surface area contributed by atoms with Gasteiger partial charge in [-0.25, -0.2) is 4.79 Å². The van der Waals surface area contributed by atoms with Crippen LogP contribution in [0.5, 0.6) is 5.75 Å². The molecule has 0 spiro atoms. The summed E-state index contributed by atoms with van der Waals surface area (Å²) in [7, 11) is 0. The van der Waals surface area contributed by atoms with E-state index in [9.17, 15) is 4.79 Å². The Labute approximate surface area is 179 Å². The van der Waals surface area contributed by atoms with Crippen LogP contribution >= 0.6 is 23.2 Å². The van der Waals surface area contributed by atoms with E-state index in [-0.39, 0.29) is 12.1 Å². The van der Waals surface area contributed by atoms with Crippen LogP contribution in [0.25, 0.3) is 0 Å². The Bertz CT molecular complexity index is 1020. The van der Waals surface area contributed by atoms with Gasteiger partial charge in [0.2, 0.25) is 0 Å². The van der Waals surface area contributed by atoms with Crippen molar-refractivity contribution in [3.63, 3.8) is 0 Å². The molecule has 3 aromatic rings. The van der Waals surface area contributed by atoms with E-state index in [1.54, 1.807) is 18.2 Å². The Morgan fingerprint density at radius 1 is 1.10 bits per heavy atom. The summed E-state index contributed by atoms with van der Waals surface area (Å²) in [5.74, 6) is 0.814. The van der Waals surface area contributed by atoms with Crippen LogP contribution in [0.4, 0.5) is 10.5 Å². The molecule has 1 atom stereocenters. The quantitative estimate of drug-likeness (QED) is 0.566. The molecule has 150 valence electrons. The van der Waals surface area contributed by atoms with Gasteiger partial charge in [0.1, 0.15) is 5.75 Å². The van der Waals surface area contributed by atoms with Crippen molar-refractivity contribution < 1.29 is 9.53 Å². The summed E-state index contributed by atoms with van der Waals surface area (Å²) in [6, 6.07) is 16.7. The van der Waals surface area contributed by atoms with Crippen LogP contribution in [0.3, 0.4) is 0 Å². The van der Waals surface area contributed by atoms with Gasteiger partial charge in [-0.15, -0.1) is 0 Å². The molecular formula is C22H21Cl2N3O2. The predicted octanol–water partition coefficient (Wildman–Crippen LogP) is 5.83. The first-order chi connectivity index (χ1) is 14.1. The highest BCUT2D eigenvalue weighted by Crippen LogP contribution is 2.34. The van der Waals surface area contributed by atoms with Gasteiger partial charge in [-0.2, -0.15) is 0 Å². The third-order valence-corrected chi connectivity index (χ3v) is 5.72. The standard InChI is InChI=1S/C22H21Cl2N3O2/c1-2-29-17-8-5-15(6-9-17)21-20-4-3-11-26(20)12-13-27(21)22(28)25-16-7-10-18(23)19(24)14-16/h3-11,14,21H,2,12-13H2,1H3,(H,25,28). The number of hydrogen-bond acceptors (Lipinski definition) is 2. The van der Waals surface area contributed by atoms with Crippen molar-refractivity contribution in [3.05, 3.63) is 82.1 Å². The van der Waals surface area contributed by atoms with Gasteiger partial charge in [-0.3, -0.25) is 0 Å². The molecule has 0 bridgehead atoms. The monoisotopic (exact) mass is 429 g/mol. The highest BCUT2D eigenvalue weighted by atomic mass is 35.5. The molecule has 0 saturated carbocycles. The molecule has 1 aliphatic heterocycles. The van der Waals surface area contributed by atoms with E-state index in [1.165, 1.54) is 0 Å². The molecule has 4 rings (SSSR count). The SMILES string of the molecule is CCOc1ccc(C2c3cccn3CCN2C(=O)Nc2ccc(Cl)c(Cl)c2)cc1. The lowest BCUT2D eigenvalue weighted by molar-refractivity contribution is 0.182. The van der Waals surface area contributed by atoms with Gasteiger partial charge in [-0.1, -0.05) is 35.3 Å². The first-order valence-electron chi connectivity index (χ1n) is 9.47. The highest BCUT2D eigenvalue weighted by Gasteiger charge is 2.32. The number of ether oxygens (including phenoxy) is 1. The number of nitrogens with one attached hydrogen (secondary N) is 1. The fourth-order valence-electron chi connectivity index (χ4n) is 3.64. The van der Waals surface area contributed by atoms with E-state index in [0.717, 1.165) is 23.6 Å². The Morgan fingerprint density at radius 3 is 2.62 bits per heavy atom. The first-order valence-corrected chi connectivity index (χ1v) is 10.2. The molecule has 29 heavy (non-hydrogen) atoms. The molecule has 2 heterocycles. The largest absolute Gasteiger partial charge is 0.494 e. The molecular weight excluding hydrogens is 409 g/mol. The summed E-state index contributed by atoms with van der Waals surface area (Å²) in [5, 5.41) is 3.80. The average Bonchev–Trinajstić information content (AvgIpc) is 3.20. The van der Waals surface area contributed by atoms with E-state index >= 15 is 0 Å². The summed E-state index contributed by atoms with van der Waals surface area (Å²) < 4.78 is 7.74. The van der Waals surface area contributed by atoms with Gasteiger partial charge >= 0.3 is 6.03 Å². The van der Waals surface area contributed by atoms with Crippen molar-refractivity contribution in [1.29, 1.82) is 0 Å². The second-order valence-corrected chi connectivity index (χ2v) is 7.60. The Hall–Kier alpha value is -2.63. The molecule has 1 unspecified atom stereocenters. The lowest BCUT2D eigenvalue weighted by Gasteiger charge is -2.37. The lowest BCUT2D eigenvalue weighted by atomic mass is 10.00. The van der Waals surface area contributed by atoms with Gasteiger partial charge in [0.15, 0.2) is 0 Å². The van der Waals surface area contributed by atoms with Crippen LogP contribution in [0.15, 0.2) is 60.8 Å². The zero-order chi connectivity index (χ0) is 20.4. The zero-order valence-corrected chi connectivity index (χ0v) is 17.5. The summed E-state index contributed by atoms with van der Waals surface area (Å²) in [6.07, 6.45) is 2.05. The van der Waals surface area contributed by atoms with Crippen molar-refractivity contribution in [2.75, 3.05) is 18.5 Å². The third kappa shape index (κ3) is 4.07. The molecule has 0 fully saturated rings. The maximum absolute atomic E-state index is 13.2. The van der Waals surface area contributed by atoms with E-state index < -0.39 is 0 Å². The molecule has 7 heteroatoms. The fraction of sp³-hybridized carbons (Fsp3) is 0.227. The number of halogens is 2. The third-order valence-electron chi connectivity index (χ3n) is 4.98. The molecule has 1 aliphatic rings. The number of carbonyl (C=O) groups excluding carboxylic acids is 1. The highest BCUT2D eigenvalue weighted by molar-refractivity contribution is 6.42.